The van der Waals surface area contributed by atoms with E-state index in [2.05, 4.69) is 9.47 Å². The van der Waals surface area contributed by atoms with Crippen molar-refractivity contribution in [1.82, 2.24) is 0 Å². The van der Waals surface area contributed by atoms with Crippen LogP contribution in [-0.2, 0) is 35.1 Å². The molecule has 1 aromatic carbocycles. The highest BCUT2D eigenvalue weighted by molar-refractivity contribution is 5.67. The van der Waals surface area contributed by atoms with Crippen LogP contribution in [0.5, 0.6) is 0 Å². The van der Waals surface area contributed by atoms with Gasteiger partial charge in [-0.1, -0.05) is 30.3 Å². The number of esters is 2. The van der Waals surface area contributed by atoms with Gasteiger partial charge in [0.15, 0.2) is 6.10 Å². The zero-order valence-electron chi connectivity index (χ0n) is 14.2. The Balaban J connectivity index is 2.10. The van der Waals surface area contributed by atoms with Gasteiger partial charge in [-0.15, -0.1) is 0 Å². The van der Waals surface area contributed by atoms with E-state index in [-0.39, 0.29) is 6.61 Å². The molecule has 26 heavy (non-hydrogen) atoms. The molecule has 1 aliphatic heterocycles. The molecule has 0 amide bonds. The van der Waals surface area contributed by atoms with Gasteiger partial charge in [-0.3, -0.25) is 9.59 Å². The molecule has 9 heteroatoms. The van der Waals surface area contributed by atoms with Crippen LogP contribution < -0.4 is 0 Å². The van der Waals surface area contributed by atoms with Gasteiger partial charge in [0.2, 0.25) is 18.6 Å². The molecule has 1 aliphatic rings. The van der Waals surface area contributed by atoms with Crippen LogP contribution in [0.25, 0.3) is 0 Å². The van der Waals surface area contributed by atoms with Gasteiger partial charge in [-0.2, -0.15) is 8.78 Å². The highest BCUT2D eigenvalue weighted by atomic mass is 19.3. The van der Waals surface area contributed by atoms with Gasteiger partial charge in [0.05, 0.1) is 13.2 Å². The van der Waals surface area contributed by atoms with Crippen molar-refractivity contribution in [3.63, 3.8) is 0 Å². The molecule has 1 saturated heterocycles. The van der Waals surface area contributed by atoms with E-state index in [0.717, 1.165) is 19.4 Å². The van der Waals surface area contributed by atoms with Gasteiger partial charge in [-0.05, 0) is 5.56 Å². The quantitative estimate of drug-likeness (QED) is 0.710. The van der Waals surface area contributed by atoms with E-state index in [1.54, 1.807) is 30.3 Å². The highest BCUT2D eigenvalue weighted by Crippen LogP contribution is 2.38. The van der Waals surface area contributed by atoms with Gasteiger partial charge in [-0.25, -0.2) is 4.39 Å². The summed E-state index contributed by atoms with van der Waals surface area (Å²) >= 11 is 0. The lowest BCUT2D eigenvalue weighted by Gasteiger charge is -2.42. The molecular formula is C17H19F3O6. The van der Waals surface area contributed by atoms with Crippen molar-refractivity contribution in [3.8, 4) is 0 Å². The van der Waals surface area contributed by atoms with E-state index < -0.39 is 49.1 Å². The van der Waals surface area contributed by atoms with Crippen LogP contribution in [0.4, 0.5) is 13.2 Å². The van der Waals surface area contributed by atoms with Gasteiger partial charge in [0.25, 0.3) is 0 Å². The molecule has 1 fully saturated rings. The van der Waals surface area contributed by atoms with Crippen LogP contribution in [0.3, 0.4) is 0 Å². The zero-order valence-corrected chi connectivity index (χ0v) is 14.2. The largest absolute Gasteiger partial charge is 0.453 e. The van der Waals surface area contributed by atoms with Crippen molar-refractivity contribution in [2.75, 3.05) is 6.61 Å². The molecule has 6 nitrogen and oxygen atoms in total. The number of benzene rings is 1. The van der Waals surface area contributed by atoms with E-state index in [9.17, 15) is 22.8 Å². The Morgan fingerprint density at radius 3 is 2.31 bits per heavy atom. The Hall–Kier alpha value is -2.13. The van der Waals surface area contributed by atoms with E-state index >= 15 is 0 Å². The molecule has 0 bridgehead atoms. The summed E-state index contributed by atoms with van der Waals surface area (Å²) < 4.78 is 62.5. The number of hydrogen-bond donors (Lipinski definition) is 0. The minimum atomic E-state index is -3.88. The third-order valence-corrected chi connectivity index (χ3v) is 3.61. The first-order valence-electron chi connectivity index (χ1n) is 7.85. The molecule has 2 rings (SSSR count). The predicted molar refractivity (Wildman–Crippen MR) is 81.9 cm³/mol. The van der Waals surface area contributed by atoms with Gasteiger partial charge >= 0.3 is 17.9 Å². The second kappa shape index (κ2) is 8.50. The Morgan fingerprint density at radius 2 is 1.73 bits per heavy atom. The maximum absolute atomic E-state index is 14.5. The van der Waals surface area contributed by atoms with E-state index in [0.29, 0.717) is 0 Å². The summed E-state index contributed by atoms with van der Waals surface area (Å²) in [6.45, 7) is 1.25. The Kier molecular flexibility index (Phi) is 6.60. The maximum atomic E-state index is 14.5. The maximum Gasteiger partial charge on any atom is 0.315 e. The van der Waals surface area contributed by atoms with E-state index in [4.69, 9.17) is 9.47 Å². The number of alkyl halides is 3. The van der Waals surface area contributed by atoms with Crippen LogP contribution in [0.15, 0.2) is 30.3 Å². The third-order valence-electron chi connectivity index (χ3n) is 3.61. The summed E-state index contributed by atoms with van der Waals surface area (Å²) in [5.74, 6) is -5.89. The van der Waals surface area contributed by atoms with Crippen molar-refractivity contribution < 1.29 is 41.7 Å². The summed E-state index contributed by atoms with van der Waals surface area (Å²) in [4.78, 5) is 22.1. The fourth-order valence-corrected chi connectivity index (χ4v) is 2.45. The van der Waals surface area contributed by atoms with Crippen molar-refractivity contribution >= 4 is 11.9 Å². The monoisotopic (exact) mass is 376 g/mol. The van der Waals surface area contributed by atoms with Crippen LogP contribution >= 0.6 is 0 Å². The Morgan fingerprint density at radius 1 is 1.12 bits per heavy atom. The first kappa shape index (κ1) is 20.2. The number of carbonyl (C=O) groups is 2. The second-order valence-electron chi connectivity index (χ2n) is 5.75. The van der Waals surface area contributed by atoms with Crippen molar-refractivity contribution in [3.05, 3.63) is 35.9 Å². The van der Waals surface area contributed by atoms with Gasteiger partial charge < -0.3 is 18.9 Å². The summed E-state index contributed by atoms with van der Waals surface area (Å²) in [7, 11) is 0. The lowest BCUT2D eigenvalue weighted by molar-refractivity contribution is -0.328. The molecule has 0 saturated carbocycles. The van der Waals surface area contributed by atoms with Crippen LogP contribution in [-0.4, -0.2) is 49.1 Å². The molecular weight excluding hydrogens is 357 g/mol. The minimum Gasteiger partial charge on any atom is -0.453 e. The Bertz CT molecular complexity index is 624. The summed E-state index contributed by atoms with van der Waals surface area (Å²) in [5.41, 5.74) is 0.739. The normalized spacial score (nSPS) is 27.6. The zero-order chi connectivity index (χ0) is 19.3. The summed E-state index contributed by atoms with van der Waals surface area (Å²) in [6.07, 6.45) is -8.89. The second-order valence-corrected chi connectivity index (χ2v) is 5.75. The molecule has 4 atom stereocenters. The molecule has 1 heterocycles. The lowest BCUT2D eigenvalue weighted by atomic mass is 9.98. The standard InChI is InChI=1S/C17H19F3O6/c1-10(21)24-15-14(18)16(25-11(2)22)26-13(17(15,19)20)9-23-8-12-6-4-3-5-7-12/h3-7,13-16H,8-9H2,1-2H3/t13-,14-,15-,16+/m1/s1. The molecule has 0 spiro atoms. The molecule has 0 aromatic heterocycles. The number of hydrogen-bond acceptors (Lipinski definition) is 6. The van der Waals surface area contributed by atoms with Gasteiger partial charge in [0, 0.05) is 13.8 Å². The van der Waals surface area contributed by atoms with Crippen LogP contribution in [0.1, 0.15) is 19.4 Å². The van der Waals surface area contributed by atoms with Gasteiger partial charge in [0.1, 0.15) is 0 Å². The van der Waals surface area contributed by atoms with E-state index in [1.165, 1.54) is 0 Å². The molecule has 144 valence electrons. The number of rotatable bonds is 6. The number of carbonyl (C=O) groups excluding carboxylic acids is 2. The lowest BCUT2D eigenvalue weighted by Crippen LogP contribution is -2.63. The third kappa shape index (κ3) is 4.95. The summed E-state index contributed by atoms with van der Waals surface area (Å²) in [5, 5.41) is 0. The molecule has 0 radical (unpaired) electrons. The number of halogens is 3. The molecule has 0 aliphatic carbocycles. The summed E-state index contributed by atoms with van der Waals surface area (Å²) in [6, 6.07) is 8.77. The number of ether oxygens (including phenoxy) is 4. The van der Waals surface area contributed by atoms with Crippen molar-refractivity contribution in [2.24, 2.45) is 0 Å². The minimum absolute atomic E-state index is 0.0201. The fraction of sp³-hybridized carbons (Fsp3) is 0.529. The topological polar surface area (TPSA) is 71.1 Å². The smallest absolute Gasteiger partial charge is 0.315 e. The van der Waals surface area contributed by atoms with E-state index in [1.807, 2.05) is 0 Å². The van der Waals surface area contributed by atoms with Crippen LogP contribution in [0, 0.1) is 0 Å². The highest BCUT2D eigenvalue weighted by Gasteiger charge is 2.62. The average molecular weight is 376 g/mol. The Labute approximate surface area is 148 Å². The predicted octanol–water partition coefficient (Wildman–Crippen LogP) is 2.40. The first-order chi connectivity index (χ1) is 12.2. The first-order valence-corrected chi connectivity index (χ1v) is 7.85. The van der Waals surface area contributed by atoms with Crippen molar-refractivity contribution in [2.45, 2.75) is 51.0 Å². The fourth-order valence-electron chi connectivity index (χ4n) is 2.45. The molecule has 0 unspecified atom stereocenters. The SMILES string of the molecule is CC(=O)O[C@H]1O[C@H](COCc2ccccc2)C(F)(F)[C@H](OC(C)=O)[C@H]1F. The van der Waals surface area contributed by atoms with Crippen molar-refractivity contribution in [1.29, 1.82) is 0 Å². The van der Waals surface area contributed by atoms with Crippen LogP contribution in [0.2, 0.25) is 0 Å². The average Bonchev–Trinajstić information content (AvgIpc) is 2.56. The molecule has 0 N–H and O–H groups in total. The molecule has 1 aromatic rings.